The van der Waals surface area contributed by atoms with Crippen molar-refractivity contribution in [1.82, 2.24) is 0 Å². The van der Waals surface area contributed by atoms with Crippen molar-refractivity contribution in [2.45, 2.75) is 44.1 Å². The highest BCUT2D eigenvalue weighted by atomic mass is 16.5. The van der Waals surface area contributed by atoms with Crippen LogP contribution < -0.4 is 9.80 Å². The molecule has 0 amide bonds. The molecule has 0 saturated carbocycles. The molecule has 3 heteroatoms. The fourth-order valence-corrected chi connectivity index (χ4v) is 4.57. The Morgan fingerprint density at radius 1 is 1.04 bits per heavy atom. The number of benzene rings is 1. The molecule has 3 nitrogen and oxygen atoms in total. The van der Waals surface area contributed by atoms with Gasteiger partial charge in [-0.05, 0) is 32.3 Å². The molecule has 23 heavy (non-hydrogen) atoms. The van der Waals surface area contributed by atoms with Gasteiger partial charge in [-0.1, -0.05) is 30.3 Å². The Balaban J connectivity index is 1.73. The lowest BCUT2D eigenvalue weighted by molar-refractivity contribution is -1.00. The smallest absolute Gasteiger partial charge is 0.127 e. The molecule has 3 rings (SSSR count). The second-order valence-corrected chi connectivity index (χ2v) is 8.39. The van der Waals surface area contributed by atoms with Crippen LogP contribution in [0.2, 0.25) is 0 Å². The van der Waals surface area contributed by atoms with Gasteiger partial charge in [-0.25, -0.2) is 0 Å². The minimum Gasteiger partial charge on any atom is -0.376 e. The van der Waals surface area contributed by atoms with Gasteiger partial charge in [0.2, 0.25) is 0 Å². The lowest BCUT2D eigenvalue weighted by atomic mass is 9.67. The van der Waals surface area contributed by atoms with Gasteiger partial charge >= 0.3 is 0 Å². The van der Waals surface area contributed by atoms with Crippen LogP contribution >= 0.6 is 0 Å². The summed E-state index contributed by atoms with van der Waals surface area (Å²) >= 11 is 0. The average molecular weight is 319 g/mol. The van der Waals surface area contributed by atoms with E-state index in [9.17, 15) is 0 Å². The zero-order valence-corrected chi connectivity index (χ0v) is 15.2. The SMILES string of the molecule is C[NH+]1CC[NH+](CC[C@@]2(c3ccccc3)CCOC(C)(C)C2)CC1. The maximum Gasteiger partial charge on any atom is 0.127 e. The van der Waals surface area contributed by atoms with Crippen LogP contribution in [0.1, 0.15) is 38.7 Å². The highest BCUT2D eigenvalue weighted by Gasteiger charge is 2.42. The Kier molecular flexibility index (Phi) is 5.10. The largest absolute Gasteiger partial charge is 0.376 e. The molecule has 1 aromatic carbocycles. The van der Waals surface area contributed by atoms with Crippen LogP contribution in [0.5, 0.6) is 0 Å². The van der Waals surface area contributed by atoms with Crippen LogP contribution in [0.15, 0.2) is 30.3 Å². The Labute approximate surface area is 141 Å². The highest BCUT2D eigenvalue weighted by molar-refractivity contribution is 5.27. The topological polar surface area (TPSA) is 18.1 Å². The van der Waals surface area contributed by atoms with Gasteiger partial charge in [-0.3, -0.25) is 0 Å². The fraction of sp³-hybridized carbons (Fsp3) is 0.700. The quantitative estimate of drug-likeness (QED) is 0.818. The van der Waals surface area contributed by atoms with Gasteiger partial charge < -0.3 is 14.5 Å². The number of hydrogen-bond acceptors (Lipinski definition) is 1. The van der Waals surface area contributed by atoms with E-state index in [1.165, 1.54) is 51.1 Å². The predicted molar refractivity (Wildman–Crippen MR) is 94.2 cm³/mol. The van der Waals surface area contributed by atoms with Crippen LogP contribution in [-0.4, -0.2) is 52.0 Å². The summed E-state index contributed by atoms with van der Waals surface area (Å²) in [6, 6.07) is 11.2. The van der Waals surface area contributed by atoms with Crippen LogP contribution in [-0.2, 0) is 10.2 Å². The van der Waals surface area contributed by atoms with Crippen molar-refractivity contribution >= 4 is 0 Å². The zero-order valence-electron chi connectivity index (χ0n) is 15.2. The molecule has 1 atom stereocenters. The van der Waals surface area contributed by atoms with E-state index < -0.39 is 0 Å². The van der Waals surface area contributed by atoms with Gasteiger partial charge in [0, 0.05) is 18.4 Å². The maximum absolute atomic E-state index is 6.04. The standard InChI is InChI=1S/C20H32N2O/c1-19(2)17-20(10-16-23-19,18-7-5-4-6-8-18)9-11-22-14-12-21(3)13-15-22/h4-8H,9-17H2,1-3H3/p+2/t20-/m1/s1. The van der Waals surface area contributed by atoms with Gasteiger partial charge in [0.05, 0.1) is 19.2 Å². The molecule has 2 aliphatic heterocycles. The van der Waals surface area contributed by atoms with Gasteiger partial charge in [-0.15, -0.1) is 0 Å². The Bertz CT molecular complexity index is 494. The molecule has 2 aliphatic rings. The molecule has 0 aliphatic carbocycles. The number of ether oxygens (including phenoxy) is 1. The van der Waals surface area contributed by atoms with Crippen LogP contribution in [0, 0.1) is 0 Å². The van der Waals surface area contributed by atoms with Crippen LogP contribution in [0.25, 0.3) is 0 Å². The van der Waals surface area contributed by atoms with Crippen molar-refractivity contribution in [3.63, 3.8) is 0 Å². The van der Waals surface area contributed by atoms with Gasteiger partial charge in [-0.2, -0.15) is 0 Å². The summed E-state index contributed by atoms with van der Waals surface area (Å²) in [7, 11) is 2.32. The summed E-state index contributed by atoms with van der Waals surface area (Å²) in [5.41, 5.74) is 1.82. The summed E-state index contributed by atoms with van der Waals surface area (Å²) in [6.07, 6.45) is 3.60. The predicted octanol–water partition coefficient (Wildman–Crippen LogP) is 0.317. The molecular weight excluding hydrogens is 284 g/mol. The molecule has 2 saturated heterocycles. The number of likely N-dealkylation sites (N-methyl/N-ethyl adjacent to an activating group) is 1. The van der Waals surface area contributed by atoms with E-state index in [2.05, 4.69) is 51.2 Å². The van der Waals surface area contributed by atoms with E-state index in [4.69, 9.17) is 4.74 Å². The first-order valence-electron chi connectivity index (χ1n) is 9.34. The molecule has 0 unspecified atom stereocenters. The van der Waals surface area contributed by atoms with E-state index in [-0.39, 0.29) is 5.60 Å². The summed E-state index contributed by atoms with van der Waals surface area (Å²) in [6.45, 7) is 12.0. The molecule has 128 valence electrons. The Morgan fingerprint density at radius 3 is 2.39 bits per heavy atom. The van der Waals surface area contributed by atoms with Crippen molar-refractivity contribution in [2.75, 3.05) is 46.4 Å². The van der Waals surface area contributed by atoms with Gasteiger partial charge in [0.15, 0.2) is 0 Å². The summed E-state index contributed by atoms with van der Waals surface area (Å²) in [4.78, 5) is 3.49. The normalized spacial score (nSPS) is 34.2. The molecule has 2 fully saturated rings. The summed E-state index contributed by atoms with van der Waals surface area (Å²) < 4.78 is 6.04. The molecule has 0 bridgehead atoms. The molecule has 0 radical (unpaired) electrons. The first-order valence-corrected chi connectivity index (χ1v) is 9.34. The molecule has 0 aromatic heterocycles. The third-order valence-corrected chi connectivity index (χ3v) is 5.99. The number of quaternary nitrogens is 2. The highest BCUT2D eigenvalue weighted by Crippen LogP contribution is 2.43. The fourth-order valence-electron chi connectivity index (χ4n) is 4.57. The first kappa shape index (κ1) is 16.9. The number of rotatable bonds is 4. The maximum atomic E-state index is 6.04. The Morgan fingerprint density at radius 2 is 1.74 bits per heavy atom. The minimum absolute atomic E-state index is 0.00428. The lowest BCUT2D eigenvalue weighted by Crippen LogP contribution is -3.27. The second kappa shape index (κ2) is 6.92. The number of hydrogen-bond donors (Lipinski definition) is 2. The second-order valence-electron chi connectivity index (χ2n) is 8.39. The zero-order chi connectivity index (χ0) is 16.3. The van der Waals surface area contributed by atoms with Gasteiger partial charge in [0.25, 0.3) is 0 Å². The molecule has 2 heterocycles. The van der Waals surface area contributed by atoms with Crippen LogP contribution in [0.4, 0.5) is 0 Å². The van der Waals surface area contributed by atoms with E-state index in [0.717, 1.165) is 13.0 Å². The summed E-state index contributed by atoms with van der Waals surface area (Å²) in [5, 5.41) is 0. The molecule has 2 N–H and O–H groups in total. The molecule has 0 spiro atoms. The van der Waals surface area contributed by atoms with E-state index >= 15 is 0 Å². The molecule has 1 aromatic rings. The van der Waals surface area contributed by atoms with Crippen molar-refractivity contribution < 1.29 is 14.5 Å². The summed E-state index contributed by atoms with van der Waals surface area (Å²) in [5.74, 6) is 0. The third-order valence-electron chi connectivity index (χ3n) is 5.99. The number of nitrogens with one attached hydrogen (secondary N) is 2. The Hall–Kier alpha value is -0.900. The van der Waals surface area contributed by atoms with E-state index in [1.54, 1.807) is 9.80 Å². The monoisotopic (exact) mass is 318 g/mol. The van der Waals surface area contributed by atoms with Crippen molar-refractivity contribution in [3.8, 4) is 0 Å². The third kappa shape index (κ3) is 4.14. The van der Waals surface area contributed by atoms with Crippen molar-refractivity contribution in [2.24, 2.45) is 0 Å². The van der Waals surface area contributed by atoms with E-state index in [1.807, 2.05) is 0 Å². The number of piperazine rings is 1. The van der Waals surface area contributed by atoms with Gasteiger partial charge in [0.1, 0.15) is 26.2 Å². The first-order chi connectivity index (χ1) is 11.0. The van der Waals surface area contributed by atoms with Crippen LogP contribution in [0.3, 0.4) is 0 Å². The molecular formula is C20H34N2O+2. The van der Waals surface area contributed by atoms with E-state index in [0.29, 0.717) is 5.41 Å². The average Bonchev–Trinajstić information content (AvgIpc) is 2.54. The minimum atomic E-state index is -0.00428. The van der Waals surface area contributed by atoms with Crippen molar-refractivity contribution in [3.05, 3.63) is 35.9 Å². The van der Waals surface area contributed by atoms with Crippen molar-refractivity contribution in [1.29, 1.82) is 0 Å². The lowest BCUT2D eigenvalue weighted by Gasteiger charge is -2.46.